The summed E-state index contributed by atoms with van der Waals surface area (Å²) in [5.41, 5.74) is 1.86. The van der Waals surface area contributed by atoms with Gasteiger partial charge >= 0.3 is 0 Å². The Morgan fingerprint density at radius 3 is 2.19 bits per heavy atom. The molecule has 1 heterocycles. The number of ether oxygens (including phenoxy) is 5. The highest BCUT2D eigenvalue weighted by atomic mass is 79.9. The van der Waals surface area contributed by atoms with Crippen molar-refractivity contribution in [2.45, 2.75) is 64.1 Å². The second-order valence-electron chi connectivity index (χ2n) is 14.7. The quantitative estimate of drug-likeness (QED) is 0.0499. The summed E-state index contributed by atoms with van der Waals surface area (Å²) < 4.78 is 35.8. The maximum atomic E-state index is 14.9. The molecule has 1 saturated heterocycles. The lowest BCUT2D eigenvalue weighted by molar-refractivity contribution is -0.139. The standard InChI is InChI=1S/C43H58BrNO7Si/c1-32(2)39(20-15-25-52-53(43(3,4)5,37-16-11-9-12-17-37)38-18-13-10-14-19-38)40(23-21-33-26-35(49-8)22-24-41(33)44)42(46)45-28-36(51-31-48-7)27-34(45)29-50-30-47-6/h9-14,16-19,21-24,26,34,36,39-40H,1,15,20,25,27-31H2,2-8H3/b23-21+/t34-,36+,39-,40+/m0/s1. The predicted molar refractivity (Wildman–Crippen MR) is 219 cm³/mol. The Kier molecular flexibility index (Phi) is 16.5. The molecule has 3 aromatic rings. The fourth-order valence-corrected chi connectivity index (χ4v) is 12.4. The van der Waals surface area contributed by atoms with Crippen molar-refractivity contribution in [1.29, 1.82) is 0 Å². The second-order valence-corrected chi connectivity index (χ2v) is 19.9. The van der Waals surface area contributed by atoms with E-state index in [4.69, 9.17) is 28.1 Å². The first-order valence-electron chi connectivity index (χ1n) is 18.4. The molecule has 8 nitrogen and oxygen atoms in total. The van der Waals surface area contributed by atoms with E-state index in [0.717, 1.165) is 34.2 Å². The predicted octanol–water partition coefficient (Wildman–Crippen LogP) is 7.85. The molecule has 1 amide bonds. The van der Waals surface area contributed by atoms with Crippen LogP contribution in [-0.4, -0.2) is 85.9 Å². The van der Waals surface area contributed by atoms with Gasteiger partial charge in [-0.25, -0.2) is 0 Å². The molecular formula is C43H58BrNO7Si. The van der Waals surface area contributed by atoms with E-state index in [1.165, 1.54) is 10.4 Å². The van der Waals surface area contributed by atoms with Crippen molar-refractivity contribution in [1.82, 2.24) is 4.90 Å². The summed E-state index contributed by atoms with van der Waals surface area (Å²) in [6.45, 7) is 15.0. The molecule has 0 bridgehead atoms. The van der Waals surface area contributed by atoms with Crippen LogP contribution in [0.2, 0.25) is 5.04 Å². The van der Waals surface area contributed by atoms with Crippen molar-refractivity contribution >= 4 is 46.6 Å². The Morgan fingerprint density at radius 2 is 1.62 bits per heavy atom. The number of carbonyl (C=O) groups excluding carboxylic acids is 1. The van der Waals surface area contributed by atoms with Crippen LogP contribution >= 0.6 is 15.9 Å². The van der Waals surface area contributed by atoms with Gasteiger partial charge in [-0.2, -0.15) is 0 Å². The van der Waals surface area contributed by atoms with Crippen molar-refractivity contribution in [2.75, 3.05) is 54.7 Å². The van der Waals surface area contributed by atoms with Gasteiger partial charge in [0.05, 0.1) is 31.8 Å². The monoisotopic (exact) mass is 807 g/mol. The lowest BCUT2D eigenvalue weighted by Gasteiger charge is -2.43. The highest BCUT2D eigenvalue weighted by molar-refractivity contribution is 9.10. The molecule has 0 aliphatic carbocycles. The SMILES string of the molecule is C=C(C)[C@H](CCCO[Si](c1ccccc1)(c1ccccc1)C(C)(C)C)[C@@H](/C=C/c1cc(OC)ccc1Br)C(=O)N1C[C@H](OCOC)C[C@H]1COCOC. The van der Waals surface area contributed by atoms with Gasteiger partial charge in [0.25, 0.3) is 8.32 Å². The van der Waals surface area contributed by atoms with Gasteiger partial charge in [-0.3, -0.25) is 4.79 Å². The van der Waals surface area contributed by atoms with Crippen molar-refractivity contribution in [2.24, 2.45) is 11.8 Å². The van der Waals surface area contributed by atoms with Gasteiger partial charge in [-0.1, -0.05) is 122 Å². The molecule has 0 saturated carbocycles. The minimum atomic E-state index is -2.71. The minimum absolute atomic E-state index is 0.00991. The van der Waals surface area contributed by atoms with Crippen LogP contribution in [-0.2, 0) is 28.2 Å². The molecule has 1 fully saturated rings. The number of carbonyl (C=O) groups is 1. The number of allylic oxidation sites excluding steroid dienone is 1. The van der Waals surface area contributed by atoms with Crippen molar-refractivity contribution < 1.29 is 32.9 Å². The van der Waals surface area contributed by atoms with Gasteiger partial charge < -0.3 is 33.0 Å². The van der Waals surface area contributed by atoms with Crippen LogP contribution in [0.5, 0.6) is 5.75 Å². The largest absolute Gasteiger partial charge is 0.497 e. The maximum Gasteiger partial charge on any atom is 0.261 e. The lowest BCUT2D eigenvalue weighted by atomic mass is 9.82. The van der Waals surface area contributed by atoms with Gasteiger partial charge in [-0.15, -0.1) is 0 Å². The number of hydrogen-bond acceptors (Lipinski definition) is 7. The van der Waals surface area contributed by atoms with Crippen molar-refractivity contribution in [3.63, 3.8) is 0 Å². The first kappa shape index (κ1) is 42.6. The molecule has 4 rings (SSSR count). The van der Waals surface area contributed by atoms with Crippen LogP contribution < -0.4 is 15.1 Å². The Hall–Kier alpha value is -3.09. The average Bonchev–Trinajstić information content (AvgIpc) is 3.56. The third-order valence-corrected chi connectivity index (χ3v) is 15.8. The van der Waals surface area contributed by atoms with Crippen LogP contribution in [0.4, 0.5) is 0 Å². The van der Waals surface area contributed by atoms with E-state index >= 15 is 0 Å². The fourth-order valence-electron chi connectivity index (χ4n) is 7.44. The van der Waals surface area contributed by atoms with Crippen LogP contribution in [0, 0.1) is 11.8 Å². The van der Waals surface area contributed by atoms with E-state index < -0.39 is 14.2 Å². The molecule has 0 radical (unpaired) electrons. The number of hydrogen-bond donors (Lipinski definition) is 0. The Labute approximate surface area is 326 Å². The summed E-state index contributed by atoms with van der Waals surface area (Å²) >= 11 is 3.69. The molecule has 10 heteroatoms. The number of nitrogens with zero attached hydrogens (tertiary/aromatic N) is 1. The smallest absolute Gasteiger partial charge is 0.261 e. The van der Waals surface area contributed by atoms with E-state index in [2.05, 4.69) is 104 Å². The molecule has 288 valence electrons. The minimum Gasteiger partial charge on any atom is -0.497 e. The molecule has 4 atom stereocenters. The first-order chi connectivity index (χ1) is 25.5. The molecule has 53 heavy (non-hydrogen) atoms. The molecule has 1 aliphatic rings. The second kappa shape index (κ2) is 20.5. The topological polar surface area (TPSA) is 75.7 Å². The zero-order valence-electron chi connectivity index (χ0n) is 32.5. The first-order valence-corrected chi connectivity index (χ1v) is 21.1. The van der Waals surface area contributed by atoms with Crippen molar-refractivity contribution in [3.8, 4) is 5.75 Å². The molecule has 0 spiro atoms. The normalized spacial score (nSPS) is 17.6. The summed E-state index contributed by atoms with van der Waals surface area (Å²) in [6.07, 6.45) is 5.98. The molecular weight excluding hydrogens is 750 g/mol. The van der Waals surface area contributed by atoms with Crippen LogP contribution in [0.1, 0.15) is 52.5 Å². The highest BCUT2D eigenvalue weighted by Gasteiger charge is 2.50. The molecule has 0 N–H and O–H groups in total. The molecule has 1 aliphatic heterocycles. The number of likely N-dealkylation sites (tertiary alicyclic amines) is 1. The zero-order chi connectivity index (χ0) is 38.4. The summed E-state index contributed by atoms with van der Waals surface area (Å²) in [7, 11) is 2.13. The van der Waals surface area contributed by atoms with Crippen LogP contribution in [0.25, 0.3) is 6.08 Å². The Balaban J connectivity index is 1.66. The van der Waals surface area contributed by atoms with E-state index in [0.29, 0.717) is 26.2 Å². The third kappa shape index (κ3) is 11.0. The van der Waals surface area contributed by atoms with Gasteiger partial charge in [0, 0.05) is 31.8 Å². The van der Waals surface area contributed by atoms with E-state index in [1.807, 2.05) is 42.2 Å². The summed E-state index contributed by atoms with van der Waals surface area (Å²) in [4.78, 5) is 16.8. The zero-order valence-corrected chi connectivity index (χ0v) is 35.1. The number of methoxy groups -OCH3 is 3. The van der Waals surface area contributed by atoms with Crippen molar-refractivity contribution in [3.05, 3.63) is 107 Å². The number of halogens is 1. The average molecular weight is 809 g/mol. The molecule has 0 unspecified atom stereocenters. The van der Waals surface area contributed by atoms with Gasteiger partial charge in [0.1, 0.15) is 19.3 Å². The van der Waals surface area contributed by atoms with Gasteiger partial charge in [0.15, 0.2) is 0 Å². The lowest BCUT2D eigenvalue weighted by Crippen LogP contribution is -2.66. The van der Waals surface area contributed by atoms with E-state index in [9.17, 15) is 4.79 Å². The molecule has 0 aromatic heterocycles. The Morgan fingerprint density at radius 1 is 0.981 bits per heavy atom. The summed E-state index contributed by atoms with van der Waals surface area (Å²) in [5.74, 6) is 0.103. The third-order valence-electron chi connectivity index (χ3n) is 10.0. The maximum absolute atomic E-state index is 14.9. The van der Waals surface area contributed by atoms with Crippen LogP contribution in [0.15, 0.2) is 102 Å². The van der Waals surface area contributed by atoms with E-state index in [-0.39, 0.29) is 42.6 Å². The number of benzene rings is 3. The number of rotatable bonds is 20. The number of amides is 1. The summed E-state index contributed by atoms with van der Waals surface area (Å²) in [5, 5.41) is 2.36. The highest BCUT2D eigenvalue weighted by Crippen LogP contribution is 2.38. The van der Waals surface area contributed by atoms with Gasteiger partial charge in [-0.05, 0) is 71.3 Å². The fraction of sp³-hybridized carbons (Fsp3) is 0.465. The Bertz CT molecular complexity index is 1570. The van der Waals surface area contributed by atoms with Crippen LogP contribution in [0.3, 0.4) is 0 Å². The molecule has 3 aromatic carbocycles. The summed E-state index contributed by atoms with van der Waals surface area (Å²) in [6, 6.07) is 27.0. The van der Waals surface area contributed by atoms with Gasteiger partial charge in [0.2, 0.25) is 5.91 Å². The van der Waals surface area contributed by atoms with E-state index in [1.54, 1.807) is 21.3 Å².